The zero-order valence-electron chi connectivity index (χ0n) is 21.4. The molecule has 1 aliphatic heterocycles. The quantitative estimate of drug-likeness (QED) is 0.633. The van der Waals surface area contributed by atoms with Crippen molar-refractivity contribution in [3.8, 4) is 0 Å². The van der Waals surface area contributed by atoms with Crippen LogP contribution in [0.15, 0.2) is 48.5 Å². The van der Waals surface area contributed by atoms with Gasteiger partial charge in [-0.25, -0.2) is 4.79 Å². The Morgan fingerprint density at radius 1 is 0.943 bits per heavy atom. The molecule has 1 aliphatic rings. The van der Waals surface area contributed by atoms with Gasteiger partial charge in [0.25, 0.3) is 5.91 Å². The van der Waals surface area contributed by atoms with E-state index in [-0.39, 0.29) is 29.8 Å². The first kappa shape index (κ1) is 26.1. The summed E-state index contributed by atoms with van der Waals surface area (Å²) < 4.78 is 0. The molecule has 8 heteroatoms. The first-order valence-electron chi connectivity index (χ1n) is 12.2. The van der Waals surface area contributed by atoms with Gasteiger partial charge in [0.2, 0.25) is 5.91 Å². The first-order chi connectivity index (χ1) is 16.7. The van der Waals surface area contributed by atoms with E-state index < -0.39 is 0 Å². The molecule has 8 nitrogen and oxygen atoms in total. The van der Waals surface area contributed by atoms with Gasteiger partial charge in [0.15, 0.2) is 0 Å². The second-order valence-electron chi connectivity index (χ2n) is 9.60. The molecule has 4 amide bonds. The normalized spacial score (nSPS) is 13.7. The lowest BCUT2D eigenvalue weighted by atomic mass is 10.1. The molecule has 0 atom stereocenters. The third kappa shape index (κ3) is 6.97. The Kier molecular flexibility index (Phi) is 8.73. The molecule has 2 aromatic carbocycles. The summed E-state index contributed by atoms with van der Waals surface area (Å²) in [5.74, 6) is -0.386. The van der Waals surface area contributed by atoms with Gasteiger partial charge in [-0.05, 0) is 37.6 Å². The standard InChI is InChI=1S/C27H37N5O3/c1-19(2)25(33)29-22-11-12-24(31-13-15-32(16-14-31)27(35)28-20(3)4)23(17-22)26(34)30(5)18-21-9-7-6-8-10-21/h6-12,17,19-20H,13-16,18H2,1-5H3,(H,28,35)(H,29,33). The van der Waals surface area contributed by atoms with E-state index >= 15 is 0 Å². The van der Waals surface area contributed by atoms with E-state index in [0.29, 0.717) is 44.0 Å². The van der Waals surface area contributed by atoms with Crippen molar-refractivity contribution in [2.24, 2.45) is 5.92 Å². The highest BCUT2D eigenvalue weighted by molar-refractivity contribution is 6.02. The maximum atomic E-state index is 13.6. The van der Waals surface area contributed by atoms with E-state index in [0.717, 1.165) is 11.3 Å². The lowest BCUT2D eigenvalue weighted by Gasteiger charge is -2.37. The van der Waals surface area contributed by atoms with Gasteiger partial charge >= 0.3 is 6.03 Å². The number of amides is 4. The zero-order chi connectivity index (χ0) is 25.5. The zero-order valence-corrected chi connectivity index (χ0v) is 21.4. The van der Waals surface area contributed by atoms with Crippen LogP contribution in [0.25, 0.3) is 0 Å². The van der Waals surface area contributed by atoms with E-state index in [4.69, 9.17) is 0 Å². The third-order valence-electron chi connectivity index (χ3n) is 5.95. The molecule has 0 spiro atoms. The largest absolute Gasteiger partial charge is 0.367 e. The fourth-order valence-corrected chi connectivity index (χ4v) is 3.97. The van der Waals surface area contributed by atoms with Crippen molar-refractivity contribution in [2.45, 2.75) is 40.3 Å². The highest BCUT2D eigenvalue weighted by Crippen LogP contribution is 2.27. The number of nitrogens with zero attached hydrogens (tertiary/aromatic N) is 3. The van der Waals surface area contributed by atoms with Crippen molar-refractivity contribution < 1.29 is 14.4 Å². The lowest BCUT2D eigenvalue weighted by Crippen LogP contribution is -2.53. The van der Waals surface area contributed by atoms with Crippen LogP contribution in [0.1, 0.15) is 43.6 Å². The van der Waals surface area contributed by atoms with Gasteiger partial charge in [0.1, 0.15) is 0 Å². The average molecular weight is 480 g/mol. The van der Waals surface area contributed by atoms with Crippen molar-refractivity contribution in [3.05, 3.63) is 59.7 Å². The fourth-order valence-electron chi connectivity index (χ4n) is 3.97. The number of urea groups is 1. The van der Waals surface area contributed by atoms with Crippen LogP contribution in [-0.2, 0) is 11.3 Å². The van der Waals surface area contributed by atoms with Crippen molar-refractivity contribution >= 4 is 29.2 Å². The smallest absolute Gasteiger partial charge is 0.317 e. The van der Waals surface area contributed by atoms with Crippen molar-refractivity contribution in [1.29, 1.82) is 0 Å². The molecular formula is C27H37N5O3. The van der Waals surface area contributed by atoms with Gasteiger partial charge in [-0.15, -0.1) is 0 Å². The van der Waals surface area contributed by atoms with Gasteiger partial charge in [0.05, 0.1) is 5.56 Å². The maximum Gasteiger partial charge on any atom is 0.317 e. The highest BCUT2D eigenvalue weighted by atomic mass is 16.2. The minimum Gasteiger partial charge on any atom is -0.367 e. The number of benzene rings is 2. The molecule has 35 heavy (non-hydrogen) atoms. The number of nitrogens with one attached hydrogen (secondary N) is 2. The first-order valence-corrected chi connectivity index (χ1v) is 12.2. The molecular weight excluding hydrogens is 442 g/mol. The van der Waals surface area contributed by atoms with Crippen LogP contribution < -0.4 is 15.5 Å². The molecule has 1 saturated heterocycles. The lowest BCUT2D eigenvalue weighted by molar-refractivity contribution is -0.118. The average Bonchev–Trinajstić information content (AvgIpc) is 2.83. The topological polar surface area (TPSA) is 85.0 Å². The van der Waals surface area contributed by atoms with Crippen LogP contribution in [-0.4, -0.2) is 66.9 Å². The van der Waals surface area contributed by atoms with Crippen LogP contribution in [0, 0.1) is 5.92 Å². The van der Waals surface area contributed by atoms with Crippen LogP contribution in [0.2, 0.25) is 0 Å². The second kappa shape index (κ2) is 11.7. The monoisotopic (exact) mass is 479 g/mol. The molecule has 0 radical (unpaired) electrons. The summed E-state index contributed by atoms with van der Waals surface area (Å²) in [6, 6.07) is 15.3. The number of hydrogen-bond donors (Lipinski definition) is 2. The van der Waals surface area contributed by atoms with E-state index in [1.165, 1.54) is 0 Å². The van der Waals surface area contributed by atoms with Gasteiger partial charge in [-0.3, -0.25) is 9.59 Å². The van der Waals surface area contributed by atoms with Crippen LogP contribution in [0.3, 0.4) is 0 Å². The molecule has 1 fully saturated rings. The minimum absolute atomic E-state index is 0.0645. The number of carbonyl (C=O) groups excluding carboxylic acids is 3. The Bertz CT molecular complexity index is 1030. The van der Waals surface area contributed by atoms with Gasteiger partial charge in [-0.1, -0.05) is 44.2 Å². The number of piperazine rings is 1. The van der Waals surface area contributed by atoms with Crippen LogP contribution >= 0.6 is 0 Å². The fraction of sp³-hybridized carbons (Fsp3) is 0.444. The molecule has 1 heterocycles. The van der Waals surface area contributed by atoms with Crippen molar-refractivity contribution in [2.75, 3.05) is 43.4 Å². The number of anilines is 2. The molecule has 0 unspecified atom stereocenters. The van der Waals surface area contributed by atoms with Gasteiger partial charge < -0.3 is 25.3 Å². The molecule has 0 saturated carbocycles. The summed E-state index contributed by atoms with van der Waals surface area (Å²) >= 11 is 0. The number of hydrogen-bond acceptors (Lipinski definition) is 4. The molecule has 2 N–H and O–H groups in total. The summed E-state index contributed by atoms with van der Waals surface area (Å²) in [6.45, 7) is 10.4. The SMILES string of the molecule is CC(C)NC(=O)N1CCN(c2ccc(NC(=O)C(C)C)cc2C(=O)N(C)Cc2ccccc2)CC1. The van der Waals surface area contributed by atoms with Crippen molar-refractivity contribution in [3.63, 3.8) is 0 Å². The molecule has 188 valence electrons. The van der Waals surface area contributed by atoms with E-state index in [9.17, 15) is 14.4 Å². The predicted molar refractivity (Wildman–Crippen MR) is 140 cm³/mol. The Labute approximate surface area is 208 Å². The molecule has 3 rings (SSSR count). The number of rotatable bonds is 7. The predicted octanol–water partition coefficient (Wildman–Crippen LogP) is 3.79. The third-order valence-corrected chi connectivity index (χ3v) is 5.95. The molecule has 2 aromatic rings. The van der Waals surface area contributed by atoms with E-state index in [1.54, 1.807) is 22.9 Å². The van der Waals surface area contributed by atoms with E-state index in [1.807, 2.05) is 70.2 Å². The molecule has 0 aromatic heterocycles. The minimum atomic E-state index is -0.167. The maximum absolute atomic E-state index is 13.6. The van der Waals surface area contributed by atoms with Gasteiger partial charge in [0, 0.05) is 63.1 Å². The number of carbonyl (C=O) groups is 3. The summed E-state index contributed by atoms with van der Waals surface area (Å²) in [7, 11) is 1.78. The van der Waals surface area contributed by atoms with Crippen LogP contribution in [0.5, 0.6) is 0 Å². The highest BCUT2D eigenvalue weighted by Gasteiger charge is 2.26. The Hall–Kier alpha value is -3.55. The van der Waals surface area contributed by atoms with Gasteiger partial charge in [-0.2, -0.15) is 0 Å². The summed E-state index contributed by atoms with van der Waals surface area (Å²) in [5.41, 5.74) is 2.98. The van der Waals surface area contributed by atoms with Crippen LogP contribution in [0.4, 0.5) is 16.2 Å². The second-order valence-corrected chi connectivity index (χ2v) is 9.60. The van der Waals surface area contributed by atoms with E-state index in [2.05, 4.69) is 15.5 Å². The molecule has 0 bridgehead atoms. The summed E-state index contributed by atoms with van der Waals surface area (Å²) in [4.78, 5) is 43.9. The Balaban J connectivity index is 1.83. The van der Waals surface area contributed by atoms with Crippen molar-refractivity contribution in [1.82, 2.24) is 15.1 Å². The summed E-state index contributed by atoms with van der Waals surface area (Å²) in [5, 5.41) is 5.84. The molecule has 0 aliphatic carbocycles. The Morgan fingerprint density at radius 3 is 2.20 bits per heavy atom. The summed E-state index contributed by atoms with van der Waals surface area (Å²) in [6.07, 6.45) is 0. The Morgan fingerprint density at radius 2 is 1.60 bits per heavy atom.